The van der Waals surface area contributed by atoms with Crippen LogP contribution in [0.1, 0.15) is 31.4 Å². The van der Waals surface area contributed by atoms with Crippen molar-refractivity contribution in [3.63, 3.8) is 0 Å². The summed E-state index contributed by atoms with van der Waals surface area (Å²) in [5.74, 6) is 0.711. The molecule has 2 rings (SSSR count). The number of rotatable bonds is 8. The molecule has 0 radical (unpaired) electrons. The molecule has 0 aliphatic rings. The Hall–Kier alpha value is -2.78. The Morgan fingerprint density at radius 1 is 1.21 bits per heavy atom. The average Bonchev–Trinajstić information content (AvgIpc) is 2.67. The van der Waals surface area contributed by atoms with Crippen LogP contribution in [0, 0.1) is 18.3 Å². The molecule has 0 spiro atoms. The molecule has 0 heterocycles. The predicted molar refractivity (Wildman–Crippen MR) is 114 cm³/mol. The fourth-order valence-electron chi connectivity index (χ4n) is 2.43. The topological polar surface area (TPSA) is 71.3 Å². The molecule has 146 valence electrons. The van der Waals surface area contributed by atoms with Gasteiger partial charge in [0, 0.05) is 5.69 Å². The summed E-state index contributed by atoms with van der Waals surface area (Å²) in [7, 11) is 0. The Bertz CT molecular complexity index is 899. The maximum Gasteiger partial charge on any atom is 0.266 e. The molecule has 0 fully saturated rings. The molecule has 0 saturated carbocycles. The standard InChI is InChI=1S/C22H23BrN2O3/c1-4-10-28-21-19(23)12-16(13-20(21)27-5-2)11-17(14-24)22(26)25-18-8-6-15(3)7-9-18/h6-9,11-13H,4-5,10H2,1-3H3,(H,25,26)/b17-11-. The molecule has 2 aromatic rings. The van der Waals surface area contributed by atoms with E-state index in [1.54, 1.807) is 24.3 Å². The summed E-state index contributed by atoms with van der Waals surface area (Å²) in [6.07, 6.45) is 2.40. The number of benzene rings is 2. The molecular weight excluding hydrogens is 420 g/mol. The van der Waals surface area contributed by atoms with Crippen LogP contribution in [0.2, 0.25) is 0 Å². The van der Waals surface area contributed by atoms with Crippen molar-refractivity contribution in [1.82, 2.24) is 0 Å². The number of aryl methyl sites for hydroxylation is 1. The van der Waals surface area contributed by atoms with E-state index in [0.717, 1.165) is 12.0 Å². The highest BCUT2D eigenvalue weighted by molar-refractivity contribution is 9.10. The number of nitrogens with zero attached hydrogens (tertiary/aromatic N) is 1. The van der Waals surface area contributed by atoms with Crippen LogP contribution in [0.25, 0.3) is 6.08 Å². The van der Waals surface area contributed by atoms with E-state index >= 15 is 0 Å². The highest BCUT2D eigenvalue weighted by Gasteiger charge is 2.14. The number of carbonyl (C=O) groups excluding carboxylic acids is 1. The summed E-state index contributed by atoms with van der Waals surface area (Å²) >= 11 is 3.49. The van der Waals surface area contributed by atoms with E-state index in [1.165, 1.54) is 6.08 Å². The number of nitrogens with one attached hydrogen (secondary N) is 1. The molecule has 6 heteroatoms. The monoisotopic (exact) mass is 442 g/mol. The first kappa shape index (κ1) is 21.5. The van der Waals surface area contributed by atoms with Gasteiger partial charge in [0.15, 0.2) is 11.5 Å². The van der Waals surface area contributed by atoms with Crippen molar-refractivity contribution in [2.75, 3.05) is 18.5 Å². The fourth-order valence-corrected chi connectivity index (χ4v) is 3.00. The molecule has 1 N–H and O–H groups in total. The van der Waals surface area contributed by atoms with Crippen LogP contribution in [0.15, 0.2) is 46.4 Å². The zero-order valence-electron chi connectivity index (χ0n) is 16.2. The lowest BCUT2D eigenvalue weighted by Crippen LogP contribution is -2.13. The second kappa shape index (κ2) is 10.5. The average molecular weight is 443 g/mol. The molecular formula is C22H23BrN2O3. The van der Waals surface area contributed by atoms with Crippen molar-refractivity contribution in [3.8, 4) is 17.6 Å². The number of nitriles is 1. The second-order valence-electron chi connectivity index (χ2n) is 6.10. The van der Waals surface area contributed by atoms with Gasteiger partial charge in [-0.2, -0.15) is 5.26 Å². The summed E-state index contributed by atoms with van der Waals surface area (Å²) in [6, 6.07) is 12.9. The first-order valence-corrected chi connectivity index (χ1v) is 9.86. The number of ether oxygens (including phenoxy) is 2. The third-order valence-electron chi connectivity index (χ3n) is 3.77. The second-order valence-corrected chi connectivity index (χ2v) is 6.96. The van der Waals surface area contributed by atoms with Crippen LogP contribution in [0.4, 0.5) is 5.69 Å². The molecule has 0 saturated heterocycles. The van der Waals surface area contributed by atoms with Crippen molar-refractivity contribution in [2.24, 2.45) is 0 Å². The Kier molecular flexibility index (Phi) is 8.09. The van der Waals surface area contributed by atoms with Gasteiger partial charge in [0.1, 0.15) is 11.6 Å². The molecule has 0 aliphatic carbocycles. The Balaban J connectivity index is 2.30. The van der Waals surface area contributed by atoms with Gasteiger partial charge < -0.3 is 14.8 Å². The number of anilines is 1. The third kappa shape index (κ3) is 5.86. The highest BCUT2D eigenvalue weighted by Crippen LogP contribution is 2.37. The maximum atomic E-state index is 12.5. The largest absolute Gasteiger partial charge is 0.490 e. The van der Waals surface area contributed by atoms with Gasteiger partial charge in [0.2, 0.25) is 0 Å². The van der Waals surface area contributed by atoms with Crippen LogP contribution in [-0.4, -0.2) is 19.1 Å². The van der Waals surface area contributed by atoms with Crippen LogP contribution in [0.3, 0.4) is 0 Å². The molecule has 0 aromatic heterocycles. The van der Waals surface area contributed by atoms with Gasteiger partial charge in [0.05, 0.1) is 17.7 Å². The summed E-state index contributed by atoms with van der Waals surface area (Å²) in [5.41, 5.74) is 2.39. The van der Waals surface area contributed by atoms with Gasteiger partial charge in [-0.1, -0.05) is 24.6 Å². The van der Waals surface area contributed by atoms with Crippen molar-refractivity contribution in [1.29, 1.82) is 5.26 Å². The van der Waals surface area contributed by atoms with Crippen molar-refractivity contribution >= 4 is 33.6 Å². The normalized spacial score (nSPS) is 10.9. The van der Waals surface area contributed by atoms with Gasteiger partial charge >= 0.3 is 0 Å². The number of carbonyl (C=O) groups is 1. The molecule has 5 nitrogen and oxygen atoms in total. The third-order valence-corrected chi connectivity index (χ3v) is 4.36. The lowest BCUT2D eigenvalue weighted by Gasteiger charge is -2.14. The van der Waals surface area contributed by atoms with E-state index in [9.17, 15) is 10.1 Å². The van der Waals surface area contributed by atoms with Crippen LogP contribution < -0.4 is 14.8 Å². The highest BCUT2D eigenvalue weighted by atomic mass is 79.9. The number of hydrogen-bond acceptors (Lipinski definition) is 4. The van der Waals surface area contributed by atoms with E-state index in [-0.39, 0.29) is 5.57 Å². The summed E-state index contributed by atoms with van der Waals surface area (Å²) < 4.78 is 12.1. The lowest BCUT2D eigenvalue weighted by molar-refractivity contribution is -0.112. The van der Waals surface area contributed by atoms with Gasteiger partial charge in [0.25, 0.3) is 5.91 Å². The molecule has 0 unspecified atom stereocenters. The minimum Gasteiger partial charge on any atom is -0.490 e. The van der Waals surface area contributed by atoms with E-state index in [1.807, 2.05) is 39.0 Å². The predicted octanol–water partition coefficient (Wildman–Crippen LogP) is 5.49. The van der Waals surface area contributed by atoms with Gasteiger partial charge in [-0.25, -0.2) is 0 Å². The smallest absolute Gasteiger partial charge is 0.266 e. The maximum absolute atomic E-state index is 12.5. The number of amides is 1. The molecule has 0 aliphatic heterocycles. The molecule has 28 heavy (non-hydrogen) atoms. The van der Waals surface area contributed by atoms with Gasteiger partial charge in [-0.3, -0.25) is 4.79 Å². The summed E-state index contributed by atoms with van der Waals surface area (Å²) in [4.78, 5) is 12.5. The minimum atomic E-state index is -0.466. The molecule has 0 atom stereocenters. The minimum absolute atomic E-state index is 0.00264. The number of hydrogen-bond donors (Lipinski definition) is 1. The van der Waals surface area contributed by atoms with E-state index < -0.39 is 5.91 Å². The first-order valence-electron chi connectivity index (χ1n) is 9.07. The molecule has 0 bridgehead atoms. The van der Waals surface area contributed by atoms with Crippen molar-refractivity contribution < 1.29 is 14.3 Å². The van der Waals surface area contributed by atoms with Crippen LogP contribution in [-0.2, 0) is 4.79 Å². The van der Waals surface area contributed by atoms with E-state index in [2.05, 4.69) is 21.2 Å². The van der Waals surface area contributed by atoms with E-state index in [4.69, 9.17) is 9.47 Å². The molecule has 1 amide bonds. The zero-order chi connectivity index (χ0) is 20.5. The van der Waals surface area contributed by atoms with E-state index in [0.29, 0.717) is 40.4 Å². The first-order chi connectivity index (χ1) is 13.5. The Labute approximate surface area is 174 Å². The van der Waals surface area contributed by atoms with Crippen LogP contribution in [0.5, 0.6) is 11.5 Å². The fraction of sp³-hybridized carbons (Fsp3) is 0.273. The zero-order valence-corrected chi connectivity index (χ0v) is 17.8. The van der Waals surface area contributed by atoms with Gasteiger partial charge in [-0.05, 0) is 72.1 Å². The Morgan fingerprint density at radius 3 is 2.54 bits per heavy atom. The van der Waals surface area contributed by atoms with Crippen LogP contribution >= 0.6 is 15.9 Å². The SMILES string of the molecule is CCCOc1c(Br)cc(/C=C(/C#N)C(=O)Nc2ccc(C)cc2)cc1OCC. The lowest BCUT2D eigenvalue weighted by atomic mass is 10.1. The number of halogens is 1. The van der Waals surface area contributed by atoms with Gasteiger partial charge in [-0.15, -0.1) is 0 Å². The quantitative estimate of drug-likeness (QED) is 0.433. The Morgan fingerprint density at radius 2 is 1.93 bits per heavy atom. The summed E-state index contributed by atoms with van der Waals surface area (Å²) in [6.45, 7) is 6.91. The van der Waals surface area contributed by atoms with Crippen molar-refractivity contribution in [3.05, 3.63) is 57.6 Å². The van der Waals surface area contributed by atoms with Crippen molar-refractivity contribution in [2.45, 2.75) is 27.2 Å². The molecule has 2 aromatic carbocycles. The summed E-state index contributed by atoms with van der Waals surface area (Å²) in [5, 5.41) is 12.2.